The van der Waals surface area contributed by atoms with Crippen molar-refractivity contribution in [3.05, 3.63) is 47.0 Å². The topological polar surface area (TPSA) is 94.5 Å². The minimum absolute atomic E-state index is 0.0559. The van der Waals surface area contributed by atoms with E-state index >= 15 is 0 Å². The van der Waals surface area contributed by atoms with Gasteiger partial charge in [0.1, 0.15) is 0 Å². The zero-order valence-electron chi connectivity index (χ0n) is 16.6. The Balaban J connectivity index is 2.06. The summed E-state index contributed by atoms with van der Waals surface area (Å²) in [6.07, 6.45) is 1.15. The standard InChI is InChI=1S/C21H22N2O6/c1-27-16(24)14-15(17(25)28-2)21-10-7-11-23(21)19(26)20(14,22-18(21)29-3)12-13-8-5-4-6-9-13/h4-6,8-9H,7,10-12H2,1-3H3. The van der Waals surface area contributed by atoms with Gasteiger partial charge in [0.25, 0.3) is 5.91 Å². The minimum atomic E-state index is -1.64. The molecule has 29 heavy (non-hydrogen) atoms. The van der Waals surface area contributed by atoms with E-state index < -0.39 is 23.0 Å². The van der Waals surface area contributed by atoms with Crippen LogP contribution in [-0.4, -0.2) is 67.6 Å². The van der Waals surface area contributed by atoms with Gasteiger partial charge in [-0.1, -0.05) is 30.3 Å². The van der Waals surface area contributed by atoms with Gasteiger partial charge in [0.15, 0.2) is 11.1 Å². The number of hydrogen-bond donors (Lipinski definition) is 0. The van der Waals surface area contributed by atoms with E-state index in [2.05, 4.69) is 4.99 Å². The maximum Gasteiger partial charge on any atom is 0.337 e. The van der Waals surface area contributed by atoms with Crippen LogP contribution < -0.4 is 0 Å². The lowest BCUT2D eigenvalue weighted by Gasteiger charge is -2.53. The van der Waals surface area contributed by atoms with Crippen LogP contribution in [0.1, 0.15) is 18.4 Å². The third-order valence-electron chi connectivity index (χ3n) is 5.98. The molecule has 1 spiro atoms. The molecule has 152 valence electrons. The summed E-state index contributed by atoms with van der Waals surface area (Å²) in [5.41, 5.74) is -2.05. The highest BCUT2D eigenvalue weighted by Gasteiger charge is 2.70. The molecule has 2 bridgehead atoms. The number of amides is 1. The predicted octanol–water partition coefficient (Wildman–Crippen LogP) is 1.04. The van der Waals surface area contributed by atoms with Gasteiger partial charge in [-0.2, -0.15) is 0 Å². The van der Waals surface area contributed by atoms with Gasteiger partial charge in [-0.15, -0.1) is 0 Å². The summed E-state index contributed by atoms with van der Waals surface area (Å²) in [5, 5.41) is 0. The van der Waals surface area contributed by atoms with Crippen LogP contribution in [0.4, 0.5) is 0 Å². The van der Waals surface area contributed by atoms with Crippen LogP contribution in [0.2, 0.25) is 0 Å². The summed E-state index contributed by atoms with van der Waals surface area (Å²) in [4.78, 5) is 45.9. The summed E-state index contributed by atoms with van der Waals surface area (Å²) < 4.78 is 15.6. The molecular formula is C21H22N2O6. The number of aliphatic imine (C=N–C) groups is 1. The van der Waals surface area contributed by atoms with E-state index in [0.29, 0.717) is 19.4 Å². The molecule has 1 fully saturated rings. The summed E-state index contributed by atoms with van der Waals surface area (Å²) in [6, 6.07) is 9.23. The average molecular weight is 398 g/mol. The van der Waals surface area contributed by atoms with Gasteiger partial charge in [0, 0.05) is 13.0 Å². The first kappa shape index (κ1) is 19.2. The fourth-order valence-electron chi connectivity index (χ4n) is 4.85. The lowest BCUT2D eigenvalue weighted by molar-refractivity contribution is -0.149. The Morgan fingerprint density at radius 2 is 1.72 bits per heavy atom. The average Bonchev–Trinajstić information content (AvgIpc) is 3.19. The Morgan fingerprint density at radius 1 is 1.07 bits per heavy atom. The van der Waals surface area contributed by atoms with Crippen molar-refractivity contribution >= 4 is 23.7 Å². The first-order valence-electron chi connectivity index (χ1n) is 9.38. The second-order valence-corrected chi connectivity index (χ2v) is 7.30. The normalized spacial score (nSPS) is 27.5. The molecule has 4 heterocycles. The Kier molecular flexibility index (Phi) is 4.44. The van der Waals surface area contributed by atoms with Gasteiger partial charge in [-0.3, -0.25) is 4.79 Å². The molecule has 2 unspecified atom stereocenters. The quantitative estimate of drug-likeness (QED) is 0.704. The van der Waals surface area contributed by atoms with Gasteiger partial charge in [-0.05, 0) is 18.4 Å². The van der Waals surface area contributed by atoms with Gasteiger partial charge in [0.2, 0.25) is 5.90 Å². The van der Waals surface area contributed by atoms with Crippen LogP contribution in [0.3, 0.4) is 0 Å². The second kappa shape index (κ2) is 6.72. The Labute approximate surface area is 168 Å². The fourth-order valence-corrected chi connectivity index (χ4v) is 4.85. The van der Waals surface area contributed by atoms with Crippen molar-refractivity contribution in [2.24, 2.45) is 4.99 Å². The van der Waals surface area contributed by atoms with Crippen molar-refractivity contribution < 1.29 is 28.6 Å². The van der Waals surface area contributed by atoms with Crippen LogP contribution in [0.15, 0.2) is 46.5 Å². The van der Waals surface area contributed by atoms with Crippen molar-refractivity contribution in [1.29, 1.82) is 0 Å². The highest BCUT2D eigenvalue weighted by Crippen LogP contribution is 2.53. The Bertz CT molecular complexity index is 953. The molecule has 0 aromatic heterocycles. The summed E-state index contributed by atoms with van der Waals surface area (Å²) in [5.74, 6) is -1.53. The van der Waals surface area contributed by atoms with Crippen LogP contribution in [0.25, 0.3) is 0 Å². The van der Waals surface area contributed by atoms with Crippen molar-refractivity contribution in [1.82, 2.24) is 4.90 Å². The number of methoxy groups -OCH3 is 3. The lowest BCUT2D eigenvalue weighted by atomic mass is 9.67. The molecule has 5 rings (SSSR count). The number of carbonyl (C=O) groups is 3. The third kappa shape index (κ3) is 2.38. The fraction of sp³-hybridized carbons (Fsp3) is 0.429. The zero-order valence-corrected chi connectivity index (χ0v) is 16.6. The van der Waals surface area contributed by atoms with Gasteiger partial charge >= 0.3 is 11.9 Å². The molecule has 4 aliphatic heterocycles. The smallest absolute Gasteiger partial charge is 0.337 e. The van der Waals surface area contributed by atoms with Crippen LogP contribution in [0, 0.1) is 0 Å². The van der Waals surface area contributed by atoms with E-state index in [1.807, 2.05) is 30.3 Å². The number of rotatable bonds is 4. The molecule has 0 N–H and O–H groups in total. The van der Waals surface area contributed by atoms with Gasteiger partial charge in [0.05, 0.1) is 32.5 Å². The molecular weight excluding hydrogens is 376 g/mol. The molecule has 2 atom stereocenters. The van der Waals surface area contributed by atoms with Crippen LogP contribution in [0.5, 0.6) is 0 Å². The van der Waals surface area contributed by atoms with Gasteiger partial charge < -0.3 is 19.1 Å². The molecule has 8 nitrogen and oxygen atoms in total. The molecule has 8 heteroatoms. The van der Waals surface area contributed by atoms with E-state index in [0.717, 1.165) is 5.56 Å². The monoisotopic (exact) mass is 398 g/mol. The van der Waals surface area contributed by atoms with Crippen LogP contribution >= 0.6 is 0 Å². The zero-order chi connectivity index (χ0) is 20.8. The summed E-state index contributed by atoms with van der Waals surface area (Å²) in [7, 11) is 3.92. The Morgan fingerprint density at radius 3 is 2.34 bits per heavy atom. The molecule has 1 saturated heterocycles. The minimum Gasteiger partial charge on any atom is -0.482 e. The number of hydrogen-bond acceptors (Lipinski definition) is 7. The second-order valence-electron chi connectivity index (χ2n) is 7.30. The van der Waals surface area contributed by atoms with E-state index in [-0.39, 0.29) is 29.4 Å². The number of carbonyl (C=O) groups excluding carboxylic acids is 3. The number of esters is 2. The maximum atomic E-state index is 13.7. The Hall–Kier alpha value is -3.16. The van der Waals surface area contributed by atoms with E-state index in [1.54, 1.807) is 4.90 Å². The molecule has 1 aromatic rings. The molecule has 0 saturated carbocycles. The highest BCUT2D eigenvalue weighted by atomic mass is 16.5. The van der Waals surface area contributed by atoms with Crippen LogP contribution in [-0.2, 0) is 35.0 Å². The number of benzene rings is 1. The first-order valence-corrected chi connectivity index (χ1v) is 9.38. The van der Waals surface area contributed by atoms with Crippen molar-refractivity contribution in [3.8, 4) is 0 Å². The largest absolute Gasteiger partial charge is 0.482 e. The predicted molar refractivity (Wildman–Crippen MR) is 102 cm³/mol. The molecule has 1 amide bonds. The third-order valence-corrected chi connectivity index (χ3v) is 5.98. The van der Waals surface area contributed by atoms with E-state index in [9.17, 15) is 14.4 Å². The summed E-state index contributed by atoms with van der Waals surface area (Å²) >= 11 is 0. The van der Waals surface area contributed by atoms with Crippen molar-refractivity contribution in [2.75, 3.05) is 27.9 Å². The number of dihydropyridines is 1. The maximum absolute atomic E-state index is 13.7. The number of ether oxygens (including phenoxy) is 3. The van der Waals surface area contributed by atoms with Gasteiger partial charge in [-0.25, -0.2) is 14.6 Å². The van der Waals surface area contributed by atoms with E-state index in [4.69, 9.17) is 14.2 Å². The summed E-state index contributed by atoms with van der Waals surface area (Å²) in [6.45, 7) is 0.437. The SMILES string of the molecule is COC(=O)C1=C(C(=O)OC)C23CCCN2C(=O)C1(Cc1ccccc1)N=C3OC. The van der Waals surface area contributed by atoms with Crippen molar-refractivity contribution in [3.63, 3.8) is 0 Å². The molecule has 1 aromatic carbocycles. The molecule has 4 aliphatic rings. The highest BCUT2D eigenvalue weighted by molar-refractivity contribution is 6.21. The molecule has 0 radical (unpaired) electrons. The first-order chi connectivity index (χ1) is 14.0. The van der Waals surface area contributed by atoms with E-state index in [1.165, 1.54) is 21.3 Å². The van der Waals surface area contributed by atoms with Crippen molar-refractivity contribution in [2.45, 2.75) is 30.3 Å². The lowest BCUT2D eigenvalue weighted by Crippen LogP contribution is -2.72. The molecule has 0 aliphatic carbocycles. The number of nitrogens with zero attached hydrogens (tertiary/aromatic N) is 2.